The van der Waals surface area contributed by atoms with Crippen LogP contribution in [0.1, 0.15) is 71.8 Å². The van der Waals surface area contributed by atoms with E-state index >= 15 is 0 Å². The van der Waals surface area contributed by atoms with Crippen LogP contribution in [0.15, 0.2) is 86.4 Å². The SMILES string of the molecule is CCCc1nc(C(C)(C)O)c(C(=O)OCc2oc(=O)oc2C)n1Cc1ccc(-c2ccccc2-c2nnn(C(=O)Oc3ccccc3CON(O)O)n2)cc1. The van der Waals surface area contributed by atoms with Gasteiger partial charge in [0.1, 0.15) is 29.5 Å². The van der Waals surface area contributed by atoms with Crippen LogP contribution in [0.5, 0.6) is 5.75 Å². The van der Waals surface area contributed by atoms with Crippen molar-refractivity contribution in [1.82, 2.24) is 35.1 Å². The second kappa shape index (κ2) is 16.4. The Kier molecular flexibility index (Phi) is 11.4. The number of rotatable bonds is 14. The molecule has 0 fully saturated rings. The second-order valence-corrected chi connectivity index (χ2v) is 12.8. The summed E-state index contributed by atoms with van der Waals surface area (Å²) < 4.78 is 22.5. The summed E-state index contributed by atoms with van der Waals surface area (Å²) in [4.78, 5) is 48.1. The molecule has 18 nitrogen and oxygen atoms in total. The van der Waals surface area contributed by atoms with Gasteiger partial charge in [-0.2, -0.15) is 0 Å². The summed E-state index contributed by atoms with van der Waals surface area (Å²) >= 11 is 0. The maximum absolute atomic E-state index is 13.6. The lowest BCUT2D eigenvalue weighted by atomic mass is 9.98. The van der Waals surface area contributed by atoms with Crippen LogP contribution in [0, 0.1) is 6.92 Å². The molecule has 0 aliphatic rings. The quantitative estimate of drug-likeness (QED) is 0.0957. The summed E-state index contributed by atoms with van der Waals surface area (Å²) in [7, 11) is 0. The first-order valence-electron chi connectivity index (χ1n) is 17.0. The smallest absolute Gasteiger partial charge is 0.453 e. The molecule has 3 N–H and O–H groups in total. The highest BCUT2D eigenvalue weighted by molar-refractivity contribution is 5.89. The van der Waals surface area contributed by atoms with Crippen LogP contribution in [-0.4, -0.2) is 62.7 Å². The van der Waals surface area contributed by atoms with E-state index in [0.29, 0.717) is 28.2 Å². The Morgan fingerprint density at radius 1 is 0.945 bits per heavy atom. The van der Waals surface area contributed by atoms with Gasteiger partial charge in [-0.3, -0.25) is 10.4 Å². The third-order valence-corrected chi connectivity index (χ3v) is 8.32. The third kappa shape index (κ3) is 8.91. The number of hydrogen-bond donors (Lipinski definition) is 3. The predicted molar refractivity (Wildman–Crippen MR) is 188 cm³/mol. The van der Waals surface area contributed by atoms with E-state index in [2.05, 4.69) is 25.2 Å². The molecule has 18 heteroatoms. The van der Waals surface area contributed by atoms with Crippen molar-refractivity contribution >= 4 is 12.1 Å². The molecule has 286 valence electrons. The van der Waals surface area contributed by atoms with Gasteiger partial charge in [0.05, 0.1) is 5.39 Å². The van der Waals surface area contributed by atoms with Gasteiger partial charge in [0.15, 0.2) is 23.8 Å². The predicted octanol–water partition coefficient (Wildman–Crippen LogP) is 5.20. The lowest BCUT2D eigenvalue weighted by Gasteiger charge is -2.17. The molecule has 0 saturated heterocycles. The number of aryl methyl sites for hydroxylation is 2. The summed E-state index contributed by atoms with van der Waals surface area (Å²) in [5, 5.41) is 40.6. The van der Waals surface area contributed by atoms with Crippen molar-refractivity contribution in [2.45, 2.75) is 65.9 Å². The van der Waals surface area contributed by atoms with Crippen LogP contribution in [-0.2, 0) is 41.4 Å². The molecule has 55 heavy (non-hydrogen) atoms. The minimum Gasteiger partial charge on any atom is -0.453 e. The first-order chi connectivity index (χ1) is 26.3. The van der Waals surface area contributed by atoms with Crippen LogP contribution in [0.3, 0.4) is 0 Å². The highest BCUT2D eigenvalue weighted by Crippen LogP contribution is 2.31. The fraction of sp³-hybridized carbons (Fsp3) is 0.270. The Morgan fingerprint density at radius 2 is 1.65 bits per heavy atom. The summed E-state index contributed by atoms with van der Waals surface area (Å²) in [5.74, 6) is -0.581. The van der Waals surface area contributed by atoms with Crippen LogP contribution < -0.4 is 10.6 Å². The van der Waals surface area contributed by atoms with E-state index in [4.69, 9.17) is 28.7 Å². The number of hydrogen-bond acceptors (Lipinski definition) is 16. The number of tetrazole rings is 1. The van der Waals surface area contributed by atoms with Crippen molar-refractivity contribution in [3.8, 4) is 28.3 Å². The zero-order valence-corrected chi connectivity index (χ0v) is 30.2. The number of para-hydroxylation sites is 1. The average molecular weight is 756 g/mol. The first kappa shape index (κ1) is 38.4. The number of esters is 1. The number of carbonyl (C=O) groups is 2. The molecule has 3 aromatic heterocycles. The number of imidazole rings is 1. The van der Waals surface area contributed by atoms with E-state index in [9.17, 15) is 19.5 Å². The summed E-state index contributed by atoms with van der Waals surface area (Å²) in [6.07, 6.45) is 0.281. The number of nitrogens with zero attached hydrogens (tertiary/aromatic N) is 7. The van der Waals surface area contributed by atoms with E-state index in [1.54, 1.807) is 34.9 Å². The zero-order valence-electron chi connectivity index (χ0n) is 30.2. The van der Waals surface area contributed by atoms with E-state index in [-0.39, 0.29) is 54.2 Å². The van der Waals surface area contributed by atoms with Gasteiger partial charge in [-0.25, -0.2) is 24.2 Å². The molecule has 0 radical (unpaired) electrons. The molecule has 0 aliphatic carbocycles. The first-order valence-corrected chi connectivity index (χ1v) is 17.0. The van der Waals surface area contributed by atoms with Gasteiger partial charge in [-0.15, -0.1) is 10.2 Å². The van der Waals surface area contributed by atoms with Crippen LogP contribution in [0.4, 0.5) is 4.79 Å². The summed E-state index contributed by atoms with van der Waals surface area (Å²) in [6, 6.07) is 21.2. The molecule has 0 atom stereocenters. The van der Waals surface area contributed by atoms with E-state index in [0.717, 1.165) is 23.1 Å². The van der Waals surface area contributed by atoms with Crippen molar-refractivity contribution in [1.29, 1.82) is 0 Å². The zero-order chi connectivity index (χ0) is 39.3. The van der Waals surface area contributed by atoms with Gasteiger partial charge < -0.3 is 28.0 Å². The Morgan fingerprint density at radius 3 is 2.33 bits per heavy atom. The van der Waals surface area contributed by atoms with Gasteiger partial charge in [0.2, 0.25) is 5.82 Å². The van der Waals surface area contributed by atoms with Crippen molar-refractivity contribution in [2.24, 2.45) is 0 Å². The Balaban J connectivity index is 1.24. The maximum atomic E-state index is 13.6. The molecule has 0 spiro atoms. The molecule has 0 amide bonds. The lowest BCUT2D eigenvalue weighted by Crippen LogP contribution is -2.23. The van der Waals surface area contributed by atoms with Crippen LogP contribution in [0.25, 0.3) is 22.5 Å². The Labute approximate surface area is 312 Å². The Bertz CT molecular complexity index is 2350. The molecule has 6 aromatic rings. The number of aliphatic hydroxyl groups is 1. The fourth-order valence-electron chi connectivity index (χ4n) is 5.71. The number of carbonyl (C=O) groups excluding carboxylic acids is 2. The van der Waals surface area contributed by atoms with Crippen molar-refractivity contribution in [3.63, 3.8) is 0 Å². The number of ether oxygens (including phenoxy) is 2. The third-order valence-electron chi connectivity index (χ3n) is 8.32. The van der Waals surface area contributed by atoms with Crippen molar-refractivity contribution < 1.29 is 48.3 Å². The molecule has 0 unspecified atom stereocenters. The Hall–Kier alpha value is -6.31. The monoisotopic (exact) mass is 755 g/mol. The van der Waals surface area contributed by atoms with E-state index in [1.807, 2.05) is 43.3 Å². The van der Waals surface area contributed by atoms with Gasteiger partial charge in [-0.1, -0.05) is 78.5 Å². The summed E-state index contributed by atoms with van der Waals surface area (Å²) in [6.45, 7) is 6.14. The van der Waals surface area contributed by atoms with Crippen molar-refractivity contribution in [2.75, 3.05) is 0 Å². The van der Waals surface area contributed by atoms with Gasteiger partial charge in [0.25, 0.3) is 0 Å². The normalized spacial score (nSPS) is 11.6. The maximum Gasteiger partial charge on any atom is 0.519 e. The van der Waals surface area contributed by atoms with E-state index < -0.39 is 28.9 Å². The molecular formula is C37H37N7O11. The van der Waals surface area contributed by atoms with Gasteiger partial charge >= 0.3 is 17.9 Å². The highest BCUT2D eigenvalue weighted by Gasteiger charge is 2.33. The largest absolute Gasteiger partial charge is 0.519 e. The molecule has 0 aliphatic heterocycles. The molecule has 0 saturated carbocycles. The van der Waals surface area contributed by atoms with Gasteiger partial charge in [-0.05, 0) is 55.2 Å². The molecule has 3 heterocycles. The molecule has 6 rings (SSSR count). The second-order valence-electron chi connectivity index (χ2n) is 12.8. The molecule has 3 aromatic carbocycles. The minimum absolute atomic E-state index is 0.0698. The molecular weight excluding hydrogens is 718 g/mol. The number of aromatic nitrogens is 6. The highest BCUT2D eigenvalue weighted by atomic mass is 17.1. The number of benzene rings is 3. The molecule has 0 bridgehead atoms. The van der Waals surface area contributed by atoms with E-state index in [1.165, 1.54) is 26.8 Å². The average Bonchev–Trinajstić information content (AvgIpc) is 3.88. The standard InChI is InChI=1S/C37H37N7O11/c1-5-10-30-38-32(37(3,4)48)31(34(45)51-21-29-22(2)53-36(47)55-29)42(30)19-23-15-17-24(18-16-23)26-12-7-8-13-27(26)33-39-41-43(40-33)35(46)54-28-14-9-6-11-25(28)20-52-44(49)50/h6-9,11-18,48-50H,5,10,19-21H2,1-4H3. The fourth-order valence-corrected chi connectivity index (χ4v) is 5.71. The topological polar surface area (TPSA) is 231 Å². The van der Waals surface area contributed by atoms with Crippen LogP contribution in [0.2, 0.25) is 0 Å². The van der Waals surface area contributed by atoms with Crippen LogP contribution >= 0.6 is 0 Å². The lowest BCUT2D eigenvalue weighted by molar-refractivity contribution is -0.497. The summed E-state index contributed by atoms with van der Waals surface area (Å²) in [5.41, 5.74) is 2.01. The van der Waals surface area contributed by atoms with Gasteiger partial charge in [0, 0.05) is 24.1 Å². The van der Waals surface area contributed by atoms with Crippen molar-refractivity contribution in [3.05, 3.63) is 123 Å². The minimum atomic E-state index is -1.48.